The monoisotopic (exact) mass is 350 g/mol. The van der Waals surface area contributed by atoms with Crippen LogP contribution in [0.3, 0.4) is 0 Å². The summed E-state index contributed by atoms with van der Waals surface area (Å²) in [6.07, 6.45) is 1.65. The van der Waals surface area contributed by atoms with Crippen LogP contribution in [0.4, 0.5) is 5.69 Å². The Balaban J connectivity index is 1.65. The number of hydrogen-bond donors (Lipinski definition) is 1. The van der Waals surface area contributed by atoms with Crippen LogP contribution in [0.1, 0.15) is 6.92 Å². The van der Waals surface area contributed by atoms with Crippen LogP contribution in [-0.4, -0.2) is 29.4 Å². The number of pyridine rings is 1. The smallest absolute Gasteiger partial charge is 0.237 e. The Kier molecular flexibility index (Phi) is 4.93. The molecule has 3 rings (SSSR count). The van der Waals surface area contributed by atoms with Gasteiger partial charge in [0.25, 0.3) is 0 Å². The van der Waals surface area contributed by atoms with Crippen molar-refractivity contribution in [1.82, 2.24) is 4.98 Å². The molecule has 1 atom stereocenters. The predicted molar refractivity (Wildman–Crippen MR) is 90.6 cm³/mol. The summed E-state index contributed by atoms with van der Waals surface area (Å²) in [5, 5.41) is 3.70. The lowest BCUT2D eigenvalue weighted by atomic mass is 10.2. The largest absolute Gasteiger partial charge is 0.486 e. The van der Waals surface area contributed by atoms with Crippen molar-refractivity contribution in [3.63, 3.8) is 0 Å². The number of fused-ring (bicyclic) bond motifs is 1. The van der Waals surface area contributed by atoms with Gasteiger partial charge in [-0.3, -0.25) is 4.79 Å². The molecular formula is C16H15ClN2O3S. The Bertz CT molecular complexity index is 726. The summed E-state index contributed by atoms with van der Waals surface area (Å²) in [4.78, 5) is 16.5. The van der Waals surface area contributed by atoms with Crippen molar-refractivity contribution < 1.29 is 14.3 Å². The molecule has 5 nitrogen and oxygen atoms in total. The summed E-state index contributed by atoms with van der Waals surface area (Å²) in [5.41, 5.74) is 0.666. The van der Waals surface area contributed by atoms with Gasteiger partial charge in [-0.1, -0.05) is 23.4 Å². The summed E-state index contributed by atoms with van der Waals surface area (Å²) in [5.74, 6) is 1.20. The molecule has 0 saturated heterocycles. The van der Waals surface area contributed by atoms with Crippen molar-refractivity contribution in [2.75, 3.05) is 18.5 Å². The van der Waals surface area contributed by atoms with Gasteiger partial charge in [-0.05, 0) is 31.2 Å². The van der Waals surface area contributed by atoms with Crippen molar-refractivity contribution in [1.29, 1.82) is 0 Å². The van der Waals surface area contributed by atoms with Crippen LogP contribution in [0, 0.1) is 0 Å². The van der Waals surface area contributed by atoms with E-state index in [4.69, 9.17) is 21.1 Å². The molecule has 1 unspecified atom stereocenters. The van der Waals surface area contributed by atoms with E-state index in [9.17, 15) is 4.79 Å². The number of halogens is 1. The van der Waals surface area contributed by atoms with Gasteiger partial charge in [0, 0.05) is 18.0 Å². The first-order chi connectivity index (χ1) is 11.1. The van der Waals surface area contributed by atoms with E-state index in [1.807, 2.05) is 6.92 Å². The molecule has 1 N–H and O–H groups in total. The van der Waals surface area contributed by atoms with Gasteiger partial charge in [0.15, 0.2) is 11.5 Å². The number of anilines is 1. The first-order valence-corrected chi connectivity index (χ1v) is 8.37. The molecule has 1 aromatic carbocycles. The SMILES string of the molecule is CC(Sc1ncccc1Cl)C(=O)Nc1ccc2c(c1)OCCO2. The van der Waals surface area contributed by atoms with Crippen LogP contribution in [-0.2, 0) is 4.79 Å². The van der Waals surface area contributed by atoms with Gasteiger partial charge in [-0.2, -0.15) is 0 Å². The average molecular weight is 351 g/mol. The predicted octanol–water partition coefficient (Wildman–Crippen LogP) is 3.63. The normalized spacial score (nSPS) is 14.2. The maximum Gasteiger partial charge on any atom is 0.237 e. The fraction of sp³-hybridized carbons (Fsp3) is 0.250. The molecule has 0 spiro atoms. The van der Waals surface area contributed by atoms with Crippen molar-refractivity contribution in [3.05, 3.63) is 41.6 Å². The second-order valence-corrected chi connectivity index (χ2v) is 6.63. The molecule has 7 heteroatoms. The number of carbonyl (C=O) groups is 1. The molecule has 2 heterocycles. The van der Waals surface area contributed by atoms with E-state index in [1.54, 1.807) is 36.5 Å². The number of amides is 1. The van der Waals surface area contributed by atoms with Gasteiger partial charge in [0.2, 0.25) is 5.91 Å². The van der Waals surface area contributed by atoms with E-state index in [-0.39, 0.29) is 11.2 Å². The fourth-order valence-corrected chi connectivity index (χ4v) is 3.10. The Morgan fingerprint density at radius 2 is 2.09 bits per heavy atom. The zero-order chi connectivity index (χ0) is 16.2. The molecule has 0 fully saturated rings. The summed E-state index contributed by atoms with van der Waals surface area (Å²) < 4.78 is 11.0. The van der Waals surface area contributed by atoms with Crippen molar-refractivity contribution >= 4 is 35.0 Å². The second kappa shape index (κ2) is 7.10. The van der Waals surface area contributed by atoms with Crippen LogP contribution in [0.25, 0.3) is 0 Å². The molecule has 0 aliphatic carbocycles. The lowest BCUT2D eigenvalue weighted by Gasteiger charge is -2.19. The molecule has 120 valence electrons. The molecule has 1 aliphatic heterocycles. The zero-order valence-electron chi connectivity index (χ0n) is 12.4. The number of aromatic nitrogens is 1. The van der Waals surface area contributed by atoms with Gasteiger partial charge in [-0.15, -0.1) is 0 Å². The molecule has 0 radical (unpaired) electrons. The number of nitrogens with one attached hydrogen (secondary N) is 1. The topological polar surface area (TPSA) is 60.5 Å². The number of carbonyl (C=O) groups excluding carboxylic acids is 1. The molecule has 1 aromatic heterocycles. The zero-order valence-corrected chi connectivity index (χ0v) is 14.0. The molecule has 1 aliphatic rings. The maximum atomic E-state index is 12.3. The van der Waals surface area contributed by atoms with Gasteiger partial charge in [0.05, 0.1) is 10.3 Å². The molecule has 0 saturated carbocycles. The lowest BCUT2D eigenvalue weighted by Crippen LogP contribution is -2.23. The summed E-state index contributed by atoms with van der Waals surface area (Å²) >= 11 is 7.38. The molecule has 1 amide bonds. The standard InChI is InChI=1S/C16H15ClN2O3S/c1-10(23-16-12(17)3-2-6-18-16)15(20)19-11-4-5-13-14(9-11)22-8-7-21-13/h2-6,9-10H,7-8H2,1H3,(H,19,20). The highest BCUT2D eigenvalue weighted by atomic mass is 35.5. The molecule has 23 heavy (non-hydrogen) atoms. The van der Waals surface area contributed by atoms with Crippen molar-refractivity contribution in [2.24, 2.45) is 0 Å². The minimum atomic E-state index is -0.337. The Morgan fingerprint density at radius 1 is 1.30 bits per heavy atom. The van der Waals surface area contributed by atoms with Crippen LogP contribution in [0.15, 0.2) is 41.6 Å². The Labute approximate surface area is 143 Å². The van der Waals surface area contributed by atoms with E-state index < -0.39 is 0 Å². The number of benzene rings is 1. The summed E-state index contributed by atoms with van der Waals surface area (Å²) in [7, 11) is 0. The lowest BCUT2D eigenvalue weighted by molar-refractivity contribution is -0.115. The van der Waals surface area contributed by atoms with Crippen LogP contribution in [0.5, 0.6) is 11.5 Å². The fourth-order valence-electron chi connectivity index (χ4n) is 2.04. The van der Waals surface area contributed by atoms with E-state index in [0.29, 0.717) is 40.4 Å². The average Bonchev–Trinajstić information content (AvgIpc) is 2.56. The summed E-state index contributed by atoms with van der Waals surface area (Å²) in [6, 6.07) is 8.85. The van der Waals surface area contributed by atoms with E-state index in [2.05, 4.69) is 10.3 Å². The van der Waals surface area contributed by atoms with Gasteiger partial charge in [0.1, 0.15) is 18.2 Å². The highest BCUT2D eigenvalue weighted by Gasteiger charge is 2.18. The third-order valence-corrected chi connectivity index (χ3v) is 4.73. The molecule has 2 aromatic rings. The van der Waals surface area contributed by atoms with Crippen molar-refractivity contribution in [2.45, 2.75) is 17.2 Å². The molecular weight excluding hydrogens is 336 g/mol. The maximum absolute atomic E-state index is 12.3. The van der Waals surface area contributed by atoms with Crippen molar-refractivity contribution in [3.8, 4) is 11.5 Å². The Morgan fingerprint density at radius 3 is 2.87 bits per heavy atom. The minimum Gasteiger partial charge on any atom is -0.486 e. The van der Waals surface area contributed by atoms with Gasteiger partial charge < -0.3 is 14.8 Å². The number of rotatable bonds is 4. The van der Waals surface area contributed by atoms with Gasteiger partial charge >= 0.3 is 0 Å². The number of hydrogen-bond acceptors (Lipinski definition) is 5. The van der Waals surface area contributed by atoms with Crippen LogP contribution < -0.4 is 14.8 Å². The van der Waals surface area contributed by atoms with Gasteiger partial charge in [-0.25, -0.2) is 4.98 Å². The van der Waals surface area contributed by atoms with Crippen LogP contribution in [0.2, 0.25) is 5.02 Å². The first kappa shape index (κ1) is 16.0. The molecule has 0 bridgehead atoms. The highest BCUT2D eigenvalue weighted by molar-refractivity contribution is 8.00. The first-order valence-electron chi connectivity index (χ1n) is 7.11. The van der Waals surface area contributed by atoms with E-state index >= 15 is 0 Å². The van der Waals surface area contributed by atoms with E-state index in [0.717, 1.165) is 0 Å². The number of thioether (sulfide) groups is 1. The Hall–Kier alpha value is -1.92. The highest BCUT2D eigenvalue weighted by Crippen LogP contribution is 2.33. The number of ether oxygens (including phenoxy) is 2. The second-order valence-electron chi connectivity index (χ2n) is 4.90. The number of nitrogens with zero attached hydrogens (tertiary/aromatic N) is 1. The minimum absolute atomic E-state index is 0.131. The van der Waals surface area contributed by atoms with E-state index in [1.165, 1.54) is 11.8 Å². The third kappa shape index (κ3) is 3.89. The quantitative estimate of drug-likeness (QED) is 0.853. The third-order valence-electron chi connectivity index (χ3n) is 3.19. The van der Waals surface area contributed by atoms with Crippen LogP contribution >= 0.6 is 23.4 Å². The summed E-state index contributed by atoms with van der Waals surface area (Å²) in [6.45, 7) is 2.86.